The van der Waals surface area contributed by atoms with Gasteiger partial charge in [0.25, 0.3) is 5.56 Å². The molecule has 5 heteroatoms. The molecule has 0 bridgehead atoms. The molecule has 1 amide bonds. The van der Waals surface area contributed by atoms with E-state index in [9.17, 15) is 9.59 Å². The fourth-order valence-corrected chi connectivity index (χ4v) is 3.63. The first-order valence-electron chi connectivity index (χ1n) is 10.3. The topological polar surface area (TPSA) is 63.1 Å². The second-order valence-corrected chi connectivity index (χ2v) is 7.71. The number of benzene rings is 3. The molecule has 0 atom stereocenters. The van der Waals surface area contributed by atoms with Gasteiger partial charge in [-0.3, -0.25) is 14.2 Å². The van der Waals surface area contributed by atoms with Crippen LogP contribution in [0.5, 0.6) is 0 Å². The number of nitrogens with one attached hydrogen (secondary N) is 2. The molecule has 1 heterocycles. The number of aromatic nitrogens is 1. The Bertz CT molecular complexity index is 1290. The third-order valence-corrected chi connectivity index (χ3v) is 5.30. The lowest BCUT2D eigenvalue weighted by Gasteiger charge is -2.15. The van der Waals surface area contributed by atoms with Crippen molar-refractivity contribution in [3.05, 3.63) is 106 Å². The Hall–Kier alpha value is -3.86. The maximum absolute atomic E-state index is 13.3. The summed E-state index contributed by atoms with van der Waals surface area (Å²) in [6.07, 6.45) is 0. The maximum atomic E-state index is 13.3. The van der Waals surface area contributed by atoms with Gasteiger partial charge in [-0.15, -0.1) is 0 Å². The summed E-state index contributed by atoms with van der Waals surface area (Å²) in [5, 5.41) is 7.15. The molecule has 0 aliphatic carbocycles. The summed E-state index contributed by atoms with van der Waals surface area (Å²) >= 11 is 0. The van der Waals surface area contributed by atoms with Crippen LogP contribution in [0.2, 0.25) is 0 Å². The molecule has 5 nitrogen and oxygen atoms in total. The van der Waals surface area contributed by atoms with Gasteiger partial charge in [0.05, 0.1) is 5.52 Å². The van der Waals surface area contributed by atoms with E-state index in [0.29, 0.717) is 12.1 Å². The molecule has 0 aliphatic rings. The van der Waals surface area contributed by atoms with Crippen molar-refractivity contribution in [2.45, 2.75) is 26.9 Å². The van der Waals surface area contributed by atoms with Crippen molar-refractivity contribution in [1.29, 1.82) is 0 Å². The number of carbonyl (C=O) groups is 1. The number of hydrogen-bond donors (Lipinski definition) is 2. The van der Waals surface area contributed by atoms with Gasteiger partial charge in [0, 0.05) is 23.5 Å². The number of nitrogens with zero attached hydrogens (tertiary/aromatic N) is 1. The highest BCUT2D eigenvalue weighted by Gasteiger charge is 2.13. The molecule has 0 aliphatic heterocycles. The Morgan fingerprint density at radius 2 is 1.65 bits per heavy atom. The van der Waals surface area contributed by atoms with Gasteiger partial charge < -0.3 is 10.6 Å². The normalized spacial score (nSPS) is 10.8. The largest absolute Gasteiger partial charge is 0.381 e. The van der Waals surface area contributed by atoms with Crippen molar-refractivity contribution < 1.29 is 4.79 Å². The van der Waals surface area contributed by atoms with Crippen molar-refractivity contribution in [1.82, 2.24) is 4.57 Å². The second-order valence-electron chi connectivity index (χ2n) is 7.71. The molecule has 0 spiro atoms. The standard InChI is InChI=1S/C26H25N3O2/c1-18-12-13-20-15-21(16-27-22-9-4-3-5-10-22)26(31)29(24(20)14-18)17-25(30)28-23-11-7-6-8-19(23)2/h3-15,27H,16-17H2,1-2H3,(H,28,30). The van der Waals surface area contributed by atoms with Crippen LogP contribution in [-0.4, -0.2) is 10.5 Å². The van der Waals surface area contributed by atoms with Gasteiger partial charge in [-0.05, 0) is 60.7 Å². The summed E-state index contributed by atoms with van der Waals surface area (Å²) in [6.45, 7) is 4.25. The van der Waals surface area contributed by atoms with Crippen LogP contribution in [0.15, 0.2) is 83.7 Å². The van der Waals surface area contributed by atoms with Crippen LogP contribution in [0.3, 0.4) is 0 Å². The minimum absolute atomic E-state index is 0.0493. The smallest absolute Gasteiger partial charge is 0.256 e. The highest BCUT2D eigenvalue weighted by molar-refractivity contribution is 5.92. The lowest BCUT2D eigenvalue weighted by molar-refractivity contribution is -0.116. The van der Waals surface area contributed by atoms with E-state index in [1.807, 2.05) is 92.7 Å². The molecule has 1 aromatic heterocycles. The van der Waals surface area contributed by atoms with Crippen molar-refractivity contribution in [2.24, 2.45) is 0 Å². The molecule has 31 heavy (non-hydrogen) atoms. The van der Waals surface area contributed by atoms with E-state index in [2.05, 4.69) is 10.6 Å². The molecule has 156 valence electrons. The van der Waals surface area contributed by atoms with E-state index in [0.717, 1.165) is 33.4 Å². The molecule has 0 fully saturated rings. The van der Waals surface area contributed by atoms with E-state index in [1.165, 1.54) is 0 Å². The first-order valence-corrected chi connectivity index (χ1v) is 10.3. The van der Waals surface area contributed by atoms with E-state index in [-0.39, 0.29) is 18.0 Å². The SMILES string of the molecule is Cc1ccc2cc(CNc3ccccc3)c(=O)n(CC(=O)Nc3ccccc3C)c2c1. The van der Waals surface area contributed by atoms with Crippen LogP contribution in [-0.2, 0) is 17.9 Å². The number of amides is 1. The molecule has 0 saturated heterocycles. The lowest BCUT2D eigenvalue weighted by atomic mass is 10.1. The van der Waals surface area contributed by atoms with E-state index in [4.69, 9.17) is 0 Å². The summed E-state index contributed by atoms with van der Waals surface area (Å²) in [5.74, 6) is -0.229. The molecular formula is C26H25N3O2. The Kier molecular flexibility index (Phi) is 5.85. The van der Waals surface area contributed by atoms with Crippen molar-refractivity contribution >= 4 is 28.2 Å². The van der Waals surface area contributed by atoms with Crippen LogP contribution in [0.4, 0.5) is 11.4 Å². The quantitative estimate of drug-likeness (QED) is 0.476. The minimum atomic E-state index is -0.229. The fraction of sp³-hybridized carbons (Fsp3) is 0.154. The van der Waals surface area contributed by atoms with Gasteiger partial charge >= 0.3 is 0 Å². The molecule has 4 aromatic rings. The Labute approximate surface area is 181 Å². The van der Waals surface area contributed by atoms with Crippen LogP contribution in [0.25, 0.3) is 10.9 Å². The molecular weight excluding hydrogens is 386 g/mol. The van der Waals surface area contributed by atoms with Crippen molar-refractivity contribution in [2.75, 3.05) is 10.6 Å². The fourth-order valence-electron chi connectivity index (χ4n) is 3.63. The summed E-state index contributed by atoms with van der Waals surface area (Å²) in [7, 11) is 0. The number of fused-ring (bicyclic) bond motifs is 1. The summed E-state index contributed by atoms with van der Waals surface area (Å²) in [5.41, 5.74) is 4.91. The monoisotopic (exact) mass is 411 g/mol. The van der Waals surface area contributed by atoms with Crippen molar-refractivity contribution in [3.8, 4) is 0 Å². The summed E-state index contributed by atoms with van der Waals surface area (Å²) in [6, 6.07) is 25.2. The zero-order chi connectivity index (χ0) is 21.8. The zero-order valence-electron chi connectivity index (χ0n) is 17.7. The van der Waals surface area contributed by atoms with Crippen LogP contribution >= 0.6 is 0 Å². The summed E-state index contributed by atoms with van der Waals surface area (Å²) < 4.78 is 1.57. The molecule has 2 N–H and O–H groups in total. The Morgan fingerprint density at radius 3 is 2.42 bits per heavy atom. The maximum Gasteiger partial charge on any atom is 0.256 e. The minimum Gasteiger partial charge on any atom is -0.381 e. The molecule has 0 saturated carbocycles. The third-order valence-electron chi connectivity index (χ3n) is 5.30. The van der Waals surface area contributed by atoms with E-state index in [1.54, 1.807) is 4.57 Å². The lowest BCUT2D eigenvalue weighted by Crippen LogP contribution is -2.30. The average molecular weight is 412 g/mol. The van der Waals surface area contributed by atoms with Crippen LogP contribution in [0, 0.1) is 13.8 Å². The van der Waals surface area contributed by atoms with Crippen LogP contribution in [0.1, 0.15) is 16.7 Å². The zero-order valence-corrected chi connectivity index (χ0v) is 17.7. The van der Waals surface area contributed by atoms with Gasteiger partial charge in [0.2, 0.25) is 5.91 Å². The van der Waals surface area contributed by atoms with Crippen LogP contribution < -0.4 is 16.2 Å². The summed E-state index contributed by atoms with van der Waals surface area (Å²) in [4.78, 5) is 26.1. The van der Waals surface area contributed by atoms with E-state index < -0.39 is 0 Å². The van der Waals surface area contributed by atoms with Gasteiger partial charge in [0.15, 0.2) is 0 Å². The number of pyridine rings is 1. The number of carbonyl (C=O) groups excluding carboxylic acids is 1. The Balaban J connectivity index is 1.67. The predicted octanol–water partition coefficient (Wildman–Crippen LogP) is 4.87. The molecule has 3 aromatic carbocycles. The highest BCUT2D eigenvalue weighted by Crippen LogP contribution is 2.18. The average Bonchev–Trinajstić information content (AvgIpc) is 2.77. The molecule has 4 rings (SSSR count). The van der Waals surface area contributed by atoms with Gasteiger partial charge in [-0.25, -0.2) is 0 Å². The molecule has 0 unspecified atom stereocenters. The molecule has 0 radical (unpaired) electrons. The highest BCUT2D eigenvalue weighted by atomic mass is 16.2. The number of aryl methyl sites for hydroxylation is 2. The van der Waals surface area contributed by atoms with Gasteiger partial charge in [-0.1, -0.05) is 48.5 Å². The number of hydrogen-bond acceptors (Lipinski definition) is 3. The van der Waals surface area contributed by atoms with Gasteiger partial charge in [-0.2, -0.15) is 0 Å². The van der Waals surface area contributed by atoms with E-state index >= 15 is 0 Å². The number of anilines is 2. The number of para-hydroxylation sites is 2. The first-order chi connectivity index (χ1) is 15.0. The second kappa shape index (κ2) is 8.88. The third kappa shape index (κ3) is 4.67. The Morgan fingerprint density at radius 1 is 0.903 bits per heavy atom. The first kappa shape index (κ1) is 20.4. The van der Waals surface area contributed by atoms with Crippen molar-refractivity contribution in [3.63, 3.8) is 0 Å². The number of rotatable bonds is 6. The predicted molar refractivity (Wildman–Crippen MR) is 127 cm³/mol. The van der Waals surface area contributed by atoms with Gasteiger partial charge in [0.1, 0.15) is 6.54 Å².